The van der Waals surface area contributed by atoms with E-state index in [1.54, 1.807) is 12.4 Å². The molecule has 0 N–H and O–H groups in total. The van der Waals surface area contributed by atoms with Crippen molar-refractivity contribution < 1.29 is 4.79 Å². The lowest BCUT2D eigenvalue weighted by atomic mass is 10.5. The molecule has 0 aliphatic carbocycles. The van der Waals surface area contributed by atoms with Gasteiger partial charge in [-0.05, 0) is 24.6 Å². The lowest BCUT2D eigenvalue weighted by Gasteiger charge is -1.96. The van der Waals surface area contributed by atoms with E-state index in [-0.39, 0.29) is 5.78 Å². The predicted molar refractivity (Wildman–Crippen MR) is 70.7 cm³/mol. The molecule has 0 spiro atoms. The van der Waals surface area contributed by atoms with E-state index in [1.807, 2.05) is 18.2 Å². The molecule has 0 aromatic carbocycles. The van der Waals surface area contributed by atoms with Gasteiger partial charge in [-0.2, -0.15) is 0 Å². The minimum Gasteiger partial charge on any atom is -0.294 e. The van der Waals surface area contributed by atoms with Crippen molar-refractivity contribution in [2.24, 2.45) is 0 Å². The molecule has 86 valence electrons. The van der Waals surface area contributed by atoms with Crippen molar-refractivity contribution in [1.29, 1.82) is 0 Å². The van der Waals surface area contributed by atoms with Gasteiger partial charge in [0.1, 0.15) is 0 Å². The normalized spacial score (nSPS) is 8.56. The van der Waals surface area contributed by atoms with Crippen molar-refractivity contribution in [3.8, 4) is 0 Å². The highest BCUT2D eigenvalue weighted by Gasteiger charge is 1.96. The monoisotopic (exact) mass is 235 g/mol. The van der Waals surface area contributed by atoms with Crippen LogP contribution >= 0.6 is 11.8 Å². The SMILES string of the molecule is C=CC(=O)CSc1ccncc1.C=CCC. The summed E-state index contributed by atoms with van der Waals surface area (Å²) in [5.74, 6) is 0.505. The van der Waals surface area contributed by atoms with Gasteiger partial charge in [-0.3, -0.25) is 9.78 Å². The Bertz CT molecular complexity index is 322. The highest BCUT2D eigenvalue weighted by Crippen LogP contribution is 2.15. The quantitative estimate of drug-likeness (QED) is 0.444. The van der Waals surface area contributed by atoms with Gasteiger partial charge in [-0.25, -0.2) is 0 Å². The van der Waals surface area contributed by atoms with Crippen molar-refractivity contribution in [3.05, 3.63) is 49.8 Å². The molecule has 0 bridgehead atoms. The zero-order valence-corrected chi connectivity index (χ0v) is 10.4. The first kappa shape index (κ1) is 14.6. The first-order valence-electron chi connectivity index (χ1n) is 5.03. The fourth-order valence-electron chi connectivity index (χ4n) is 0.648. The van der Waals surface area contributed by atoms with Gasteiger partial charge in [0.15, 0.2) is 5.78 Å². The summed E-state index contributed by atoms with van der Waals surface area (Å²) in [6.45, 7) is 8.94. The Labute approximate surface area is 101 Å². The van der Waals surface area contributed by atoms with Crippen molar-refractivity contribution in [1.82, 2.24) is 4.98 Å². The van der Waals surface area contributed by atoms with Crippen molar-refractivity contribution in [3.63, 3.8) is 0 Å². The third-order valence-electron chi connectivity index (χ3n) is 1.55. The van der Waals surface area contributed by atoms with E-state index in [0.717, 1.165) is 11.3 Å². The molecule has 0 saturated carbocycles. The number of ketones is 1. The molecule has 1 aromatic rings. The van der Waals surface area contributed by atoms with Crippen LogP contribution in [0.1, 0.15) is 13.3 Å². The maximum absolute atomic E-state index is 10.8. The molecule has 1 aromatic heterocycles. The van der Waals surface area contributed by atoms with Gasteiger partial charge >= 0.3 is 0 Å². The van der Waals surface area contributed by atoms with E-state index in [0.29, 0.717) is 5.75 Å². The fraction of sp³-hybridized carbons (Fsp3) is 0.231. The molecule has 0 fully saturated rings. The van der Waals surface area contributed by atoms with Crippen LogP contribution in [0.4, 0.5) is 0 Å². The van der Waals surface area contributed by atoms with Crippen LogP contribution in [0, 0.1) is 0 Å². The van der Waals surface area contributed by atoms with Crippen LogP contribution in [0.25, 0.3) is 0 Å². The molecule has 0 unspecified atom stereocenters. The Morgan fingerprint density at radius 1 is 1.44 bits per heavy atom. The molecule has 1 rings (SSSR count). The number of nitrogens with zero attached hydrogens (tertiary/aromatic N) is 1. The van der Waals surface area contributed by atoms with E-state index in [1.165, 1.54) is 17.8 Å². The van der Waals surface area contributed by atoms with Crippen LogP contribution in [-0.4, -0.2) is 16.5 Å². The van der Waals surface area contributed by atoms with E-state index in [2.05, 4.69) is 25.1 Å². The third-order valence-corrected chi connectivity index (χ3v) is 2.58. The number of carbonyl (C=O) groups excluding carboxylic acids is 1. The Kier molecular flexibility index (Phi) is 9.32. The van der Waals surface area contributed by atoms with Crippen LogP contribution in [0.3, 0.4) is 0 Å². The minimum atomic E-state index is 0.0526. The van der Waals surface area contributed by atoms with Crippen LogP contribution in [0.15, 0.2) is 54.7 Å². The standard InChI is InChI=1S/C9H9NOS.C4H8/c1-2-8(11)7-12-9-3-5-10-6-4-9;1-3-4-2/h2-6H,1,7H2;3H,1,4H2,2H3. The van der Waals surface area contributed by atoms with Gasteiger partial charge in [-0.15, -0.1) is 18.3 Å². The molecule has 0 aliphatic heterocycles. The Morgan fingerprint density at radius 3 is 2.44 bits per heavy atom. The van der Waals surface area contributed by atoms with E-state index in [4.69, 9.17) is 0 Å². The number of carbonyl (C=O) groups is 1. The number of hydrogen-bond acceptors (Lipinski definition) is 3. The molecule has 2 nitrogen and oxygen atoms in total. The molecule has 0 amide bonds. The minimum absolute atomic E-state index is 0.0526. The molecule has 0 aliphatic rings. The maximum atomic E-state index is 10.8. The molecule has 16 heavy (non-hydrogen) atoms. The second-order valence-corrected chi connectivity index (χ2v) is 3.89. The summed E-state index contributed by atoms with van der Waals surface area (Å²) in [6, 6.07) is 3.75. The first-order valence-corrected chi connectivity index (χ1v) is 6.02. The van der Waals surface area contributed by atoms with Crippen LogP contribution in [0.2, 0.25) is 0 Å². The Morgan fingerprint density at radius 2 is 2.00 bits per heavy atom. The van der Waals surface area contributed by atoms with Gasteiger partial charge in [-0.1, -0.05) is 19.6 Å². The first-order chi connectivity index (χ1) is 7.74. The lowest BCUT2D eigenvalue weighted by Crippen LogP contribution is -1.94. The largest absolute Gasteiger partial charge is 0.294 e. The van der Waals surface area contributed by atoms with Crippen LogP contribution < -0.4 is 0 Å². The molecular weight excluding hydrogens is 218 g/mol. The van der Waals surface area contributed by atoms with Gasteiger partial charge in [0, 0.05) is 17.3 Å². The molecule has 1 heterocycles. The summed E-state index contributed by atoms with van der Waals surface area (Å²) >= 11 is 1.49. The van der Waals surface area contributed by atoms with Gasteiger partial charge < -0.3 is 0 Å². The van der Waals surface area contributed by atoms with E-state index >= 15 is 0 Å². The van der Waals surface area contributed by atoms with Gasteiger partial charge in [0.2, 0.25) is 0 Å². The highest BCUT2D eigenvalue weighted by atomic mass is 32.2. The van der Waals surface area contributed by atoms with Crippen molar-refractivity contribution in [2.45, 2.75) is 18.2 Å². The summed E-state index contributed by atoms with van der Waals surface area (Å²) < 4.78 is 0. The lowest BCUT2D eigenvalue weighted by molar-refractivity contribution is -0.112. The smallest absolute Gasteiger partial charge is 0.165 e. The van der Waals surface area contributed by atoms with Crippen LogP contribution in [-0.2, 0) is 4.79 Å². The third kappa shape index (κ3) is 8.00. The Hall–Kier alpha value is -1.35. The maximum Gasteiger partial charge on any atom is 0.165 e. The highest BCUT2D eigenvalue weighted by molar-refractivity contribution is 8.00. The zero-order chi connectivity index (χ0) is 12.2. The van der Waals surface area contributed by atoms with E-state index < -0.39 is 0 Å². The molecular formula is C13H17NOS. The average molecular weight is 235 g/mol. The second-order valence-electron chi connectivity index (χ2n) is 2.84. The predicted octanol–water partition coefficient (Wildman–Crippen LogP) is 3.51. The number of pyridine rings is 1. The summed E-state index contributed by atoms with van der Waals surface area (Å²) in [7, 11) is 0. The summed E-state index contributed by atoms with van der Waals surface area (Å²) in [6.07, 6.45) is 7.72. The summed E-state index contributed by atoms with van der Waals surface area (Å²) in [4.78, 5) is 15.8. The number of allylic oxidation sites excluding steroid dienone is 2. The second kappa shape index (κ2) is 10.2. The number of aromatic nitrogens is 1. The van der Waals surface area contributed by atoms with Crippen molar-refractivity contribution >= 4 is 17.5 Å². The fourth-order valence-corrected chi connectivity index (χ4v) is 1.39. The molecule has 0 atom stereocenters. The molecule has 3 heteroatoms. The van der Waals surface area contributed by atoms with Gasteiger partial charge in [0.05, 0.1) is 5.75 Å². The number of hydrogen-bond donors (Lipinski definition) is 0. The van der Waals surface area contributed by atoms with Crippen LogP contribution in [0.5, 0.6) is 0 Å². The van der Waals surface area contributed by atoms with Crippen molar-refractivity contribution in [2.75, 3.05) is 5.75 Å². The summed E-state index contributed by atoms with van der Waals surface area (Å²) in [5, 5.41) is 0. The zero-order valence-electron chi connectivity index (χ0n) is 9.56. The molecule has 0 radical (unpaired) electrons. The van der Waals surface area contributed by atoms with Gasteiger partial charge in [0.25, 0.3) is 0 Å². The average Bonchev–Trinajstić information content (AvgIpc) is 2.37. The number of thioether (sulfide) groups is 1. The summed E-state index contributed by atoms with van der Waals surface area (Å²) in [5.41, 5.74) is 0. The topological polar surface area (TPSA) is 30.0 Å². The molecule has 0 saturated heterocycles. The Balaban J connectivity index is 0.000000487. The number of rotatable bonds is 5. The van der Waals surface area contributed by atoms with E-state index in [9.17, 15) is 4.79 Å².